The molecule has 0 heterocycles. The smallest absolute Gasteiger partial charge is 0.312 e. The standard InChI is InChI=1S/C5H12NO5PS/c1-9-12(13,10-2)11-5-3-4-6(7)8/h3-5H2,1-2H3. The molecule has 0 N–H and O–H groups in total. The fourth-order valence-corrected chi connectivity index (χ4v) is 1.49. The summed E-state index contributed by atoms with van der Waals surface area (Å²) in [6.07, 6.45) is 0.304. The third kappa shape index (κ3) is 6.06. The van der Waals surface area contributed by atoms with Crippen LogP contribution >= 0.6 is 6.72 Å². The highest BCUT2D eigenvalue weighted by atomic mass is 32.5. The summed E-state index contributed by atoms with van der Waals surface area (Å²) in [5, 5.41) is 9.93. The first-order valence-corrected chi connectivity index (χ1v) is 6.07. The second-order valence-electron chi connectivity index (χ2n) is 2.06. The Kier molecular flexibility index (Phi) is 6.36. The maximum atomic E-state index is 9.93. The largest absolute Gasteiger partial charge is 0.326 e. The van der Waals surface area contributed by atoms with Gasteiger partial charge >= 0.3 is 6.72 Å². The summed E-state index contributed by atoms with van der Waals surface area (Å²) in [5.41, 5.74) is 0. The van der Waals surface area contributed by atoms with Gasteiger partial charge in [-0.25, -0.2) is 0 Å². The van der Waals surface area contributed by atoms with Crippen molar-refractivity contribution in [3.8, 4) is 0 Å². The van der Waals surface area contributed by atoms with Crippen molar-refractivity contribution in [2.24, 2.45) is 0 Å². The number of hydrogen-bond donors (Lipinski definition) is 0. The maximum absolute atomic E-state index is 9.93. The van der Waals surface area contributed by atoms with Crippen LogP contribution in [0.2, 0.25) is 0 Å². The first-order valence-electron chi connectivity index (χ1n) is 3.52. The van der Waals surface area contributed by atoms with Gasteiger partial charge in [-0.3, -0.25) is 10.1 Å². The summed E-state index contributed by atoms with van der Waals surface area (Å²) in [6, 6.07) is 0. The molecule has 0 unspecified atom stereocenters. The molecule has 0 aliphatic rings. The minimum absolute atomic E-state index is 0.136. The highest BCUT2D eigenvalue weighted by molar-refractivity contribution is 8.07. The first-order chi connectivity index (χ1) is 6.04. The van der Waals surface area contributed by atoms with Crippen LogP contribution in [0.1, 0.15) is 6.42 Å². The molecule has 6 nitrogen and oxygen atoms in total. The molecule has 13 heavy (non-hydrogen) atoms. The zero-order valence-electron chi connectivity index (χ0n) is 7.47. The third-order valence-electron chi connectivity index (χ3n) is 1.18. The van der Waals surface area contributed by atoms with E-state index in [1.54, 1.807) is 0 Å². The number of rotatable bonds is 7. The van der Waals surface area contributed by atoms with E-state index in [4.69, 9.17) is 25.4 Å². The van der Waals surface area contributed by atoms with E-state index in [0.717, 1.165) is 0 Å². The normalized spacial score (nSPS) is 11.5. The van der Waals surface area contributed by atoms with Crippen molar-refractivity contribution in [3.63, 3.8) is 0 Å². The SMILES string of the molecule is COP(=S)(OC)OCCC[N+](=O)[O-]. The van der Waals surface area contributed by atoms with E-state index in [1.807, 2.05) is 0 Å². The predicted octanol–water partition coefficient (Wildman–Crippen LogP) is 1.19. The summed E-state index contributed by atoms with van der Waals surface area (Å²) in [4.78, 5) is 9.52. The Bertz CT molecular complexity index is 203. The molecule has 0 spiro atoms. The van der Waals surface area contributed by atoms with E-state index in [1.165, 1.54) is 14.2 Å². The minimum atomic E-state index is -2.63. The topological polar surface area (TPSA) is 70.8 Å². The molecule has 0 aliphatic heterocycles. The number of nitrogens with zero attached hydrogens (tertiary/aromatic N) is 1. The van der Waals surface area contributed by atoms with Gasteiger partial charge < -0.3 is 13.6 Å². The molecular formula is C5H12NO5PS. The van der Waals surface area contributed by atoms with Gasteiger partial charge in [0.05, 0.1) is 6.61 Å². The molecule has 0 aromatic rings. The Morgan fingerprint density at radius 3 is 2.38 bits per heavy atom. The quantitative estimate of drug-likeness (QED) is 0.282. The van der Waals surface area contributed by atoms with Crippen LogP contribution < -0.4 is 0 Å². The first kappa shape index (κ1) is 12.9. The number of nitro groups is 1. The molecule has 0 radical (unpaired) electrons. The van der Waals surface area contributed by atoms with Crippen LogP contribution in [0.25, 0.3) is 0 Å². The van der Waals surface area contributed by atoms with Crippen molar-refractivity contribution in [2.75, 3.05) is 27.4 Å². The van der Waals surface area contributed by atoms with Crippen LogP contribution in [-0.2, 0) is 25.4 Å². The molecule has 0 bridgehead atoms. The fraction of sp³-hybridized carbons (Fsp3) is 1.00. The van der Waals surface area contributed by atoms with Crippen molar-refractivity contribution in [2.45, 2.75) is 6.42 Å². The van der Waals surface area contributed by atoms with Crippen LogP contribution in [-0.4, -0.2) is 32.3 Å². The Morgan fingerprint density at radius 2 is 2.00 bits per heavy atom. The lowest BCUT2D eigenvalue weighted by Crippen LogP contribution is -2.05. The second kappa shape index (κ2) is 6.39. The summed E-state index contributed by atoms with van der Waals surface area (Å²) < 4.78 is 14.7. The van der Waals surface area contributed by atoms with Crippen molar-refractivity contribution in [3.05, 3.63) is 10.1 Å². The highest BCUT2D eigenvalue weighted by Gasteiger charge is 2.16. The van der Waals surface area contributed by atoms with Crippen molar-refractivity contribution >= 4 is 18.5 Å². The van der Waals surface area contributed by atoms with Gasteiger partial charge in [0.2, 0.25) is 6.54 Å². The van der Waals surface area contributed by atoms with E-state index in [9.17, 15) is 10.1 Å². The Balaban J connectivity index is 3.62. The van der Waals surface area contributed by atoms with Gasteiger partial charge in [0.25, 0.3) is 0 Å². The lowest BCUT2D eigenvalue weighted by molar-refractivity contribution is -0.480. The molecular weight excluding hydrogens is 217 g/mol. The van der Waals surface area contributed by atoms with Crippen LogP contribution in [0.5, 0.6) is 0 Å². The lowest BCUT2D eigenvalue weighted by Gasteiger charge is -2.16. The van der Waals surface area contributed by atoms with Crippen LogP contribution in [0.15, 0.2) is 0 Å². The van der Waals surface area contributed by atoms with Crippen LogP contribution in [0.4, 0.5) is 0 Å². The van der Waals surface area contributed by atoms with E-state index in [2.05, 4.69) is 0 Å². The summed E-state index contributed by atoms with van der Waals surface area (Å²) >= 11 is 4.86. The average molecular weight is 229 g/mol. The van der Waals surface area contributed by atoms with Gasteiger partial charge in [0, 0.05) is 25.6 Å². The Hall–Kier alpha value is -0.0700. The number of hydrogen-bond acceptors (Lipinski definition) is 6. The monoisotopic (exact) mass is 229 g/mol. The summed E-state index contributed by atoms with van der Waals surface area (Å²) in [6.45, 7) is -2.59. The molecule has 0 saturated carbocycles. The van der Waals surface area contributed by atoms with Crippen molar-refractivity contribution < 1.29 is 18.5 Å². The fourth-order valence-electron chi connectivity index (χ4n) is 0.550. The zero-order valence-corrected chi connectivity index (χ0v) is 9.18. The lowest BCUT2D eigenvalue weighted by atomic mass is 10.5. The minimum Gasteiger partial charge on any atom is -0.312 e. The average Bonchev–Trinajstić information content (AvgIpc) is 2.12. The third-order valence-corrected chi connectivity index (χ3v) is 3.79. The van der Waals surface area contributed by atoms with Crippen molar-refractivity contribution in [1.82, 2.24) is 0 Å². The van der Waals surface area contributed by atoms with Gasteiger partial charge in [0.1, 0.15) is 0 Å². The molecule has 8 heteroatoms. The second-order valence-corrected chi connectivity index (χ2v) is 5.28. The maximum Gasteiger partial charge on any atom is 0.326 e. The van der Waals surface area contributed by atoms with Crippen LogP contribution in [0.3, 0.4) is 0 Å². The molecule has 0 aromatic heterocycles. The molecule has 78 valence electrons. The Labute approximate surface area is 81.6 Å². The van der Waals surface area contributed by atoms with Gasteiger partial charge in [-0.1, -0.05) is 0 Å². The summed E-state index contributed by atoms with van der Waals surface area (Å²) in [5.74, 6) is 0. The molecule has 0 aromatic carbocycles. The summed E-state index contributed by atoms with van der Waals surface area (Å²) in [7, 11) is 2.77. The molecule has 0 saturated heterocycles. The molecule has 0 fully saturated rings. The van der Waals surface area contributed by atoms with E-state index < -0.39 is 11.6 Å². The molecule has 0 amide bonds. The highest BCUT2D eigenvalue weighted by Crippen LogP contribution is 2.47. The van der Waals surface area contributed by atoms with Gasteiger partial charge in [0.15, 0.2) is 0 Å². The van der Waals surface area contributed by atoms with Gasteiger partial charge in [-0.15, -0.1) is 0 Å². The van der Waals surface area contributed by atoms with E-state index in [-0.39, 0.29) is 13.2 Å². The Morgan fingerprint density at radius 1 is 1.46 bits per heavy atom. The van der Waals surface area contributed by atoms with Crippen LogP contribution in [0, 0.1) is 10.1 Å². The zero-order chi connectivity index (χ0) is 10.3. The van der Waals surface area contributed by atoms with Gasteiger partial charge in [-0.05, 0) is 11.8 Å². The predicted molar refractivity (Wildman–Crippen MR) is 50.7 cm³/mol. The molecule has 0 atom stereocenters. The van der Waals surface area contributed by atoms with E-state index >= 15 is 0 Å². The molecule has 0 rings (SSSR count). The molecule has 0 aliphatic carbocycles. The van der Waals surface area contributed by atoms with E-state index in [0.29, 0.717) is 6.42 Å². The van der Waals surface area contributed by atoms with Gasteiger partial charge in [-0.2, -0.15) is 0 Å². The van der Waals surface area contributed by atoms with Crippen molar-refractivity contribution in [1.29, 1.82) is 0 Å².